The van der Waals surface area contributed by atoms with Crippen molar-refractivity contribution < 1.29 is 4.39 Å². The van der Waals surface area contributed by atoms with E-state index < -0.39 is 5.25 Å². The maximum atomic E-state index is 13.7. The first-order chi connectivity index (χ1) is 6.70. The highest BCUT2D eigenvalue weighted by Gasteiger charge is 2.32. The van der Waals surface area contributed by atoms with Gasteiger partial charge in [-0.2, -0.15) is 4.39 Å². The zero-order valence-corrected chi connectivity index (χ0v) is 8.00. The topological polar surface area (TPSA) is 24.9 Å². The van der Waals surface area contributed by atoms with Crippen LogP contribution in [0.1, 0.15) is 5.56 Å². The first kappa shape index (κ1) is 9.21. The molecule has 72 valence electrons. The Kier molecular flexibility index (Phi) is 2.25. The Labute approximate surface area is 86.1 Å². The van der Waals surface area contributed by atoms with Crippen molar-refractivity contribution in [3.05, 3.63) is 48.4 Å². The molecule has 0 radical (unpaired) electrons. The lowest BCUT2D eigenvalue weighted by atomic mass is 10.0. The van der Waals surface area contributed by atoms with Crippen LogP contribution >= 0.6 is 11.6 Å². The van der Waals surface area contributed by atoms with E-state index in [2.05, 4.69) is 10.3 Å². The van der Waals surface area contributed by atoms with Gasteiger partial charge in [-0.05, 0) is 23.8 Å². The van der Waals surface area contributed by atoms with Gasteiger partial charge in [0.1, 0.15) is 0 Å². The van der Waals surface area contributed by atoms with Crippen LogP contribution in [0.3, 0.4) is 0 Å². The van der Waals surface area contributed by atoms with Gasteiger partial charge in [-0.15, -0.1) is 0 Å². The highest BCUT2D eigenvalue weighted by Crippen LogP contribution is 2.33. The molecule has 0 spiro atoms. The molecule has 1 atom stereocenters. The first-order valence-electron chi connectivity index (χ1n) is 4.13. The van der Waals surface area contributed by atoms with E-state index in [0.29, 0.717) is 11.1 Å². The predicted octanol–water partition coefficient (Wildman–Crippen LogP) is 2.44. The highest BCUT2D eigenvalue weighted by atomic mass is 35.5. The molecule has 0 aromatic carbocycles. The zero-order chi connectivity index (χ0) is 10.0. The molecule has 2 rings (SSSR count). The number of nitrogens with one attached hydrogen (secondary N) is 1. The summed E-state index contributed by atoms with van der Waals surface area (Å²) in [5.41, 5.74) is 1.11. The highest BCUT2D eigenvalue weighted by molar-refractivity contribution is 6.29. The summed E-state index contributed by atoms with van der Waals surface area (Å²) >= 11 is 5.65. The Morgan fingerprint density at radius 2 is 2.07 bits per heavy atom. The van der Waals surface area contributed by atoms with Crippen LogP contribution in [0.5, 0.6) is 0 Å². The molecule has 1 unspecified atom stereocenters. The predicted molar refractivity (Wildman–Crippen MR) is 54.2 cm³/mol. The van der Waals surface area contributed by atoms with E-state index in [4.69, 9.17) is 11.6 Å². The van der Waals surface area contributed by atoms with Gasteiger partial charge in [0.05, 0.1) is 0 Å². The number of hydrogen-bond donors (Lipinski definition) is 1. The summed E-state index contributed by atoms with van der Waals surface area (Å²) in [6, 6.07) is 3.42. The SMILES string of the molecule is FC1(Cl)NC=CC=C1c1ccncc1. The third kappa shape index (κ3) is 1.63. The van der Waals surface area contributed by atoms with Gasteiger partial charge < -0.3 is 5.32 Å². The second-order valence-electron chi connectivity index (χ2n) is 2.89. The van der Waals surface area contributed by atoms with Gasteiger partial charge in [-0.3, -0.25) is 4.98 Å². The molecule has 0 saturated heterocycles. The van der Waals surface area contributed by atoms with Crippen LogP contribution in [-0.4, -0.2) is 10.2 Å². The van der Waals surface area contributed by atoms with Crippen molar-refractivity contribution in [3.8, 4) is 0 Å². The van der Waals surface area contributed by atoms with Gasteiger partial charge in [0.15, 0.2) is 0 Å². The molecule has 1 aliphatic rings. The monoisotopic (exact) mass is 210 g/mol. The molecule has 1 N–H and O–H groups in total. The number of hydrogen-bond acceptors (Lipinski definition) is 2. The average molecular weight is 211 g/mol. The number of nitrogens with zero attached hydrogens (tertiary/aromatic N) is 1. The lowest BCUT2D eigenvalue weighted by Gasteiger charge is -2.24. The number of allylic oxidation sites excluding steroid dienone is 2. The molecule has 14 heavy (non-hydrogen) atoms. The summed E-state index contributed by atoms with van der Waals surface area (Å²) < 4.78 is 13.7. The smallest absolute Gasteiger partial charge is 0.282 e. The average Bonchev–Trinajstić information content (AvgIpc) is 2.18. The molecule has 0 fully saturated rings. The summed E-state index contributed by atoms with van der Waals surface area (Å²) in [6.45, 7) is 0. The molecular weight excluding hydrogens is 203 g/mol. The summed E-state index contributed by atoms with van der Waals surface area (Å²) in [6.07, 6.45) is 8.01. The Morgan fingerprint density at radius 1 is 1.36 bits per heavy atom. The zero-order valence-electron chi connectivity index (χ0n) is 7.24. The van der Waals surface area contributed by atoms with Crippen molar-refractivity contribution in [2.45, 2.75) is 5.25 Å². The van der Waals surface area contributed by atoms with Gasteiger partial charge in [0, 0.05) is 24.2 Å². The second kappa shape index (κ2) is 3.42. The normalized spacial score (nSPS) is 25.4. The van der Waals surface area contributed by atoms with E-state index in [1.54, 1.807) is 36.7 Å². The van der Waals surface area contributed by atoms with Gasteiger partial charge in [-0.1, -0.05) is 17.7 Å². The summed E-state index contributed by atoms with van der Waals surface area (Å²) in [4.78, 5) is 3.86. The number of rotatable bonds is 1. The van der Waals surface area contributed by atoms with Gasteiger partial charge in [0.2, 0.25) is 0 Å². The Balaban J connectivity index is 2.43. The molecular formula is C10H8ClFN2. The number of alkyl halides is 2. The third-order valence-corrected chi connectivity index (χ3v) is 2.27. The van der Waals surface area contributed by atoms with E-state index in [1.807, 2.05) is 0 Å². The largest absolute Gasteiger partial charge is 0.343 e. The Morgan fingerprint density at radius 3 is 2.71 bits per heavy atom. The van der Waals surface area contributed by atoms with E-state index in [1.165, 1.54) is 6.20 Å². The third-order valence-electron chi connectivity index (χ3n) is 1.95. The molecule has 1 aromatic rings. The van der Waals surface area contributed by atoms with Gasteiger partial charge in [-0.25, -0.2) is 0 Å². The van der Waals surface area contributed by atoms with E-state index in [9.17, 15) is 4.39 Å². The lowest BCUT2D eigenvalue weighted by Crippen LogP contribution is -2.33. The maximum absolute atomic E-state index is 13.7. The van der Waals surface area contributed by atoms with Crippen molar-refractivity contribution in [1.82, 2.24) is 10.3 Å². The fourth-order valence-electron chi connectivity index (χ4n) is 1.29. The summed E-state index contributed by atoms with van der Waals surface area (Å²) in [5, 5.41) is 0.405. The van der Waals surface area contributed by atoms with E-state index in [0.717, 1.165) is 0 Å². The van der Waals surface area contributed by atoms with Crippen molar-refractivity contribution in [1.29, 1.82) is 0 Å². The standard InChI is InChI=1S/C10H8ClFN2/c11-10(12)9(2-1-5-14-10)8-3-6-13-7-4-8/h1-7,14H. The Bertz CT molecular complexity index is 384. The van der Waals surface area contributed by atoms with Crippen LogP contribution in [-0.2, 0) is 0 Å². The van der Waals surface area contributed by atoms with E-state index in [-0.39, 0.29) is 0 Å². The van der Waals surface area contributed by atoms with Gasteiger partial charge >= 0.3 is 0 Å². The first-order valence-corrected chi connectivity index (χ1v) is 4.51. The minimum Gasteiger partial charge on any atom is -0.343 e. The summed E-state index contributed by atoms with van der Waals surface area (Å²) in [5.74, 6) is 0. The van der Waals surface area contributed by atoms with Crippen LogP contribution in [0.4, 0.5) is 4.39 Å². The second-order valence-corrected chi connectivity index (χ2v) is 3.41. The van der Waals surface area contributed by atoms with Crippen LogP contribution in [0.2, 0.25) is 0 Å². The molecule has 0 amide bonds. The number of dihydropyridines is 1. The minimum atomic E-state index is -2.03. The molecule has 1 aliphatic heterocycles. The van der Waals surface area contributed by atoms with Crippen molar-refractivity contribution in [2.24, 2.45) is 0 Å². The molecule has 2 nitrogen and oxygen atoms in total. The lowest BCUT2D eigenvalue weighted by molar-refractivity contribution is 0.323. The molecule has 4 heteroatoms. The number of halogens is 2. The fourth-order valence-corrected chi connectivity index (χ4v) is 1.52. The molecule has 1 aromatic heterocycles. The molecule has 0 saturated carbocycles. The van der Waals surface area contributed by atoms with Crippen LogP contribution in [0.25, 0.3) is 5.57 Å². The van der Waals surface area contributed by atoms with Gasteiger partial charge in [0.25, 0.3) is 5.25 Å². The summed E-state index contributed by atoms with van der Waals surface area (Å²) in [7, 11) is 0. The number of pyridine rings is 1. The van der Waals surface area contributed by atoms with Crippen molar-refractivity contribution >= 4 is 17.2 Å². The number of aromatic nitrogens is 1. The molecule has 0 aliphatic carbocycles. The quantitative estimate of drug-likeness (QED) is 0.569. The minimum absolute atomic E-state index is 0.393. The maximum Gasteiger partial charge on any atom is 0.282 e. The Hall–Kier alpha value is -1.35. The van der Waals surface area contributed by atoms with Crippen molar-refractivity contribution in [2.75, 3.05) is 0 Å². The van der Waals surface area contributed by atoms with Crippen molar-refractivity contribution in [3.63, 3.8) is 0 Å². The van der Waals surface area contributed by atoms with Crippen LogP contribution in [0.15, 0.2) is 42.9 Å². The van der Waals surface area contributed by atoms with Crippen LogP contribution in [0, 0.1) is 0 Å². The van der Waals surface area contributed by atoms with Crippen LogP contribution < -0.4 is 5.32 Å². The van der Waals surface area contributed by atoms with E-state index >= 15 is 0 Å². The fraction of sp³-hybridized carbons (Fsp3) is 0.100. The molecule has 2 heterocycles. The molecule has 0 bridgehead atoms.